The molecule has 6 nitrogen and oxygen atoms in total. The molecule has 1 aliphatic heterocycles. The number of benzene rings is 1. The van der Waals surface area contributed by atoms with Gasteiger partial charge in [0.25, 0.3) is 0 Å². The molecule has 0 unspecified atom stereocenters. The summed E-state index contributed by atoms with van der Waals surface area (Å²) in [5.41, 5.74) is 0.984. The van der Waals surface area contributed by atoms with E-state index < -0.39 is 6.04 Å². The molecule has 1 aromatic carbocycles. The van der Waals surface area contributed by atoms with Crippen LogP contribution in [0.4, 0.5) is 0 Å². The number of methoxy groups -OCH3 is 2. The number of nitrogens with one attached hydrogen (secondary N) is 1. The molecule has 0 saturated carbocycles. The molecule has 0 radical (unpaired) electrons. The summed E-state index contributed by atoms with van der Waals surface area (Å²) in [4.78, 5) is 26.1. The first-order valence-electron chi connectivity index (χ1n) is 7.42. The van der Waals surface area contributed by atoms with Gasteiger partial charge in [-0.3, -0.25) is 9.59 Å². The zero-order chi connectivity index (χ0) is 16.8. The molecule has 23 heavy (non-hydrogen) atoms. The Bertz CT molecular complexity index is 550. The molecule has 7 heteroatoms. The van der Waals surface area contributed by atoms with Gasteiger partial charge in [-0.1, -0.05) is 12.1 Å². The Hall–Kier alpha value is -1.73. The molecule has 0 aromatic heterocycles. The highest BCUT2D eigenvalue weighted by atomic mass is 32.2. The summed E-state index contributed by atoms with van der Waals surface area (Å²) in [7, 11) is 3.19. The van der Waals surface area contributed by atoms with Crippen molar-refractivity contribution < 1.29 is 19.1 Å². The first-order valence-corrected chi connectivity index (χ1v) is 8.46. The summed E-state index contributed by atoms with van der Waals surface area (Å²) in [5.74, 6) is 0.952. The van der Waals surface area contributed by atoms with Gasteiger partial charge in [0, 0.05) is 13.7 Å². The number of rotatable bonds is 7. The summed E-state index contributed by atoms with van der Waals surface area (Å²) < 4.78 is 10.1. The fraction of sp³-hybridized carbons (Fsp3) is 0.500. The number of carbonyl (C=O) groups excluding carboxylic acids is 2. The van der Waals surface area contributed by atoms with Crippen molar-refractivity contribution in [3.8, 4) is 5.75 Å². The minimum atomic E-state index is -0.526. The van der Waals surface area contributed by atoms with Crippen LogP contribution in [0.25, 0.3) is 0 Å². The average Bonchev–Trinajstić information content (AvgIpc) is 2.96. The molecule has 1 fully saturated rings. The van der Waals surface area contributed by atoms with Crippen LogP contribution >= 0.6 is 11.8 Å². The van der Waals surface area contributed by atoms with Crippen LogP contribution in [0.1, 0.15) is 17.9 Å². The Balaban J connectivity index is 2.10. The number of nitrogens with zero attached hydrogens (tertiary/aromatic N) is 1. The van der Waals surface area contributed by atoms with Crippen LogP contribution in [0.5, 0.6) is 5.75 Å². The van der Waals surface area contributed by atoms with E-state index in [0.717, 1.165) is 11.3 Å². The Kier molecular flexibility index (Phi) is 6.29. The van der Waals surface area contributed by atoms with Crippen LogP contribution in [0.3, 0.4) is 0 Å². The van der Waals surface area contributed by atoms with Crippen molar-refractivity contribution in [1.29, 1.82) is 0 Å². The van der Waals surface area contributed by atoms with Gasteiger partial charge in [0.05, 0.1) is 19.5 Å². The normalized spacial score (nSPS) is 18.8. The number of amides is 2. The predicted molar refractivity (Wildman–Crippen MR) is 89.4 cm³/mol. The third-order valence-electron chi connectivity index (χ3n) is 3.71. The van der Waals surface area contributed by atoms with Crippen molar-refractivity contribution in [2.45, 2.75) is 18.3 Å². The van der Waals surface area contributed by atoms with Crippen molar-refractivity contribution in [2.75, 3.05) is 33.1 Å². The molecule has 0 aliphatic carbocycles. The van der Waals surface area contributed by atoms with Crippen LogP contribution in [-0.2, 0) is 14.3 Å². The van der Waals surface area contributed by atoms with Gasteiger partial charge >= 0.3 is 0 Å². The van der Waals surface area contributed by atoms with E-state index in [-0.39, 0.29) is 17.2 Å². The molecule has 2 rings (SSSR count). The molecule has 1 N–H and O–H groups in total. The summed E-state index contributed by atoms with van der Waals surface area (Å²) in [6, 6.07) is 7.05. The SMILES string of the molecule is COCCNC(=O)[C@@H](C)N1C(=O)CS[C@@H]1c1ccc(OC)cc1. The van der Waals surface area contributed by atoms with Crippen LogP contribution < -0.4 is 10.1 Å². The quantitative estimate of drug-likeness (QED) is 0.762. The molecule has 1 aliphatic rings. The Labute approximate surface area is 140 Å². The van der Waals surface area contributed by atoms with Gasteiger partial charge in [0.2, 0.25) is 11.8 Å². The van der Waals surface area contributed by atoms with E-state index in [1.807, 2.05) is 24.3 Å². The first kappa shape index (κ1) is 17.6. The largest absolute Gasteiger partial charge is 0.497 e. The lowest BCUT2D eigenvalue weighted by Gasteiger charge is -2.29. The lowest BCUT2D eigenvalue weighted by atomic mass is 10.1. The molecular formula is C16H22N2O4S. The van der Waals surface area contributed by atoms with E-state index in [1.54, 1.807) is 26.0 Å². The molecule has 0 spiro atoms. The molecular weight excluding hydrogens is 316 g/mol. The van der Waals surface area contributed by atoms with E-state index >= 15 is 0 Å². The molecule has 2 atom stereocenters. The first-order chi connectivity index (χ1) is 11.1. The number of hydrogen-bond donors (Lipinski definition) is 1. The maximum Gasteiger partial charge on any atom is 0.242 e. The van der Waals surface area contributed by atoms with Crippen molar-refractivity contribution >= 4 is 23.6 Å². The van der Waals surface area contributed by atoms with E-state index in [0.29, 0.717) is 18.9 Å². The monoisotopic (exact) mass is 338 g/mol. The van der Waals surface area contributed by atoms with Gasteiger partial charge in [-0.25, -0.2) is 0 Å². The maximum absolute atomic E-state index is 12.2. The highest BCUT2D eigenvalue weighted by Gasteiger charge is 2.38. The number of carbonyl (C=O) groups is 2. The standard InChI is InChI=1S/C16H22N2O4S/c1-11(15(20)17-8-9-21-2)18-14(19)10-23-16(18)12-4-6-13(22-3)7-5-12/h4-7,11,16H,8-10H2,1-3H3,(H,17,20)/t11-,16-/m1/s1. The van der Waals surface area contributed by atoms with Crippen LogP contribution in [0.15, 0.2) is 24.3 Å². The number of ether oxygens (including phenoxy) is 2. The van der Waals surface area contributed by atoms with Crippen molar-refractivity contribution in [3.05, 3.63) is 29.8 Å². The van der Waals surface area contributed by atoms with Crippen molar-refractivity contribution in [1.82, 2.24) is 10.2 Å². The summed E-state index contributed by atoms with van der Waals surface area (Å²) in [6.07, 6.45) is 0. The van der Waals surface area contributed by atoms with Crippen molar-refractivity contribution in [3.63, 3.8) is 0 Å². The smallest absolute Gasteiger partial charge is 0.242 e. The Morgan fingerprint density at radius 1 is 1.39 bits per heavy atom. The molecule has 0 bridgehead atoms. The van der Waals surface area contributed by atoms with E-state index in [4.69, 9.17) is 9.47 Å². The molecule has 126 valence electrons. The van der Waals surface area contributed by atoms with Gasteiger partial charge in [-0.2, -0.15) is 0 Å². The average molecular weight is 338 g/mol. The highest BCUT2D eigenvalue weighted by Crippen LogP contribution is 2.40. The summed E-state index contributed by atoms with van der Waals surface area (Å²) in [5, 5.41) is 2.63. The molecule has 1 saturated heterocycles. The van der Waals surface area contributed by atoms with Gasteiger partial charge in [-0.15, -0.1) is 11.8 Å². The Morgan fingerprint density at radius 3 is 2.70 bits per heavy atom. The topological polar surface area (TPSA) is 67.9 Å². The summed E-state index contributed by atoms with van der Waals surface area (Å²) in [6.45, 7) is 2.63. The van der Waals surface area contributed by atoms with E-state index in [9.17, 15) is 9.59 Å². The third kappa shape index (κ3) is 4.17. The highest BCUT2D eigenvalue weighted by molar-refractivity contribution is 8.00. The third-order valence-corrected chi connectivity index (χ3v) is 4.94. The lowest BCUT2D eigenvalue weighted by Crippen LogP contribution is -2.47. The minimum absolute atomic E-state index is 0.0230. The molecule has 1 heterocycles. The Morgan fingerprint density at radius 2 is 2.09 bits per heavy atom. The van der Waals surface area contributed by atoms with Gasteiger partial charge in [0.1, 0.15) is 17.2 Å². The molecule has 2 amide bonds. The van der Waals surface area contributed by atoms with E-state index in [1.165, 1.54) is 11.8 Å². The zero-order valence-electron chi connectivity index (χ0n) is 13.6. The van der Waals surface area contributed by atoms with Gasteiger partial charge in [0.15, 0.2) is 0 Å². The predicted octanol–water partition coefficient (Wildman–Crippen LogP) is 1.42. The lowest BCUT2D eigenvalue weighted by molar-refractivity contribution is -0.137. The maximum atomic E-state index is 12.2. The number of thioether (sulfide) groups is 1. The number of hydrogen-bond acceptors (Lipinski definition) is 5. The van der Waals surface area contributed by atoms with Crippen LogP contribution in [-0.4, -0.2) is 55.9 Å². The second kappa shape index (κ2) is 8.21. The summed E-state index contributed by atoms with van der Waals surface area (Å²) >= 11 is 1.53. The van der Waals surface area contributed by atoms with Crippen LogP contribution in [0.2, 0.25) is 0 Å². The van der Waals surface area contributed by atoms with E-state index in [2.05, 4.69) is 5.32 Å². The fourth-order valence-corrected chi connectivity index (χ4v) is 3.69. The zero-order valence-corrected chi connectivity index (χ0v) is 14.4. The fourth-order valence-electron chi connectivity index (χ4n) is 2.43. The van der Waals surface area contributed by atoms with Gasteiger partial charge < -0.3 is 19.7 Å². The van der Waals surface area contributed by atoms with Crippen molar-refractivity contribution in [2.24, 2.45) is 0 Å². The molecule has 1 aromatic rings. The second-order valence-corrected chi connectivity index (χ2v) is 6.27. The van der Waals surface area contributed by atoms with Crippen LogP contribution in [0, 0.1) is 0 Å². The van der Waals surface area contributed by atoms with Gasteiger partial charge in [-0.05, 0) is 24.6 Å². The minimum Gasteiger partial charge on any atom is -0.497 e. The second-order valence-electron chi connectivity index (χ2n) is 5.20.